The molecule has 1 aliphatic carbocycles. The number of fused-ring (bicyclic) bond motifs is 1. The smallest absolute Gasteiger partial charge is 0.303 e. The van der Waals surface area contributed by atoms with Crippen molar-refractivity contribution in [2.75, 3.05) is 0 Å². The number of aryl methyl sites for hydroxylation is 1. The van der Waals surface area contributed by atoms with Gasteiger partial charge < -0.3 is 5.11 Å². The van der Waals surface area contributed by atoms with Gasteiger partial charge in [0.15, 0.2) is 0 Å². The Morgan fingerprint density at radius 3 is 2.57 bits per heavy atom. The molecule has 0 heterocycles. The molecular weight excluding hydrogens is 368 g/mol. The lowest BCUT2D eigenvalue weighted by Gasteiger charge is -2.19. The first-order valence-corrected chi connectivity index (χ1v) is 11.4. The highest BCUT2D eigenvalue weighted by Gasteiger charge is 2.27. The summed E-state index contributed by atoms with van der Waals surface area (Å²) < 4.78 is 0. The van der Waals surface area contributed by atoms with Crippen molar-refractivity contribution < 1.29 is 9.90 Å². The van der Waals surface area contributed by atoms with Crippen molar-refractivity contribution in [1.82, 2.24) is 0 Å². The zero-order chi connectivity index (χ0) is 20.9. The summed E-state index contributed by atoms with van der Waals surface area (Å²) in [6.45, 7) is 2.39. The van der Waals surface area contributed by atoms with E-state index in [1.807, 2.05) is 0 Å². The van der Waals surface area contributed by atoms with Crippen molar-refractivity contribution in [3.05, 3.63) is 83.4 Å². The molecule has 2 heteroatoms. The lowest BCUT2D eigenvalue weighted by Crippen LogP contribution is -2.03. The van der Waals surface area contributed by atoms with Crippen LogP contribution >= 0.6 is 0 Å². The highest BCUT2D eigenvalue weighted by atomic mass is 16.4. The lowest BCUT2D eigenvalue weighted by atomic mass is 9.86. The van der Waals surface area contributed by atoms with E-state index in [2.05, 4.69) is 73.7 Å². The number of hydrogen-bond acceptors (Lipinski definition) is 1. The van der Waals surface area contributed by atoms with Gasteiger partial charge in [-0.3, -0.25) is 4.79 Å². The SMILES string of the molecule is C[C@@H](C[C@H]1CC[C@@H](c2ccc(CCCC(=O)O)cc2)C1)c1cccc2ccccc12. The molecule has 1 N–H and O–H groups in total. The monoisotopic (exact) mass is 400 g/mol. The summed E-state index contributed by atoms with van der Waals surface area (Å²) in [6, 6.07) is 24.4. The fraction of sp³-hybridized carbons (Fsp3) is 0.393. The van der Waals surface area contributed by atoms with Gasteiger partial charge in [0.05, 0.1) is 0 Å². The number of benzene rings is 3. The minimum atomic E-state index is -0.707. The number of carboxylic acids is 1. The van der Waals surface area contributed by atoms with Crippen molar-refractivity contribution in [3.63, 3.8) is 0 Å². The molecule has 1 aliphatic rings. The van der Waals surface area contributed by atoms with Crippen LogP contribution in [-0.4, -0.2) is 11.1 Å². The molecule has 30 heavy (non-hydrogen) atoms. The van der Waals surface area contributed by atoms with E-state index in [0.717, 1.165) is 12.3 Å². The molecule has 0 bridgehead atoms. The van der Waals surface area contributed by atoms with Crippen molar-refractivity contribution in [1.29, 1.82) is 0 Å². The second-order valence-corrected chi connectivity index (χ2v) is 9.07. The number of carbonyl (C=O) groups is 1. The molecule has 0 radical (unpaired) electrons. The normalized spacial score (nSPS) is 19.8. The summed E-state index contributed by atoms with van der Waals surface area (Å²) in [5, 5.41) is 11.5. The van der Waals surface area contributed by atoms with Gasteiger partial charge in [-0.25, -0.2) is 0 Å². The third-order valence-electron chi connectivity index (χ3n) is 6.89. The first-order valence-electron chi connectivity index (χ1n) is 11.4. The first-order chi connectivity index (χ1) is 14.6. The Bertz CT molecular complexity index is 984. The highest BCUT2D eigenvalue weighted by molar-refractivity contribution is 5.86. The van der Waals surface area contributed by atoms with Gasteiger partial charge in [-0.15, -0.1) is 0 Å². The predicted molar refractivity (Wildman–Crippen MR) is 124 cm³/mol. The standard InChI is InChI=1S/C28H32O2/c1-20(26-10-5-8-24-7-2-3-9-27(24)26)18-22-14-17-25(19-22)23-15-12-21(13-16-23)6-4-11-28(29)30/h2-3,5,7-10,12-13,15-16,20,22,25H,4,6,11,14,17-19H2,1H3,(H,29,30)/t20-,22+,25+/m0/s1. The Morgan fingerprint density at radius 2 is 1.77 bits per heavy atom. The Balaban J connectivity index is 1.34. The largest absolute Gasteiger partial charge is 0.481 e. The molecule has 4 rings (SSSR count). The second kappa shape index (κ2) is 9.47. The molecule has 0 spiro atoms. The lowest BCUT2D eigenvalue weighted by molar-refractivity contribution is -0.137. The van der Waals surface area contributed by atoms with Crippen LogP contribution in [0.4, 0.5) is 0 Å². The molecule has 156 valence electrons. The fourth-order valence-corrected chi connectivity index (χ4v) is 5.30. The molecule has 0 amide bonds. The number of hydrogen-bond donors (Lipinski definition) is 1. The average Bonchev–Trinajstić information content (AvgIpc) is 3.22. The Labute approximate surface area is 179 Å². The van der Waals surface area contributed by atoms with Gasteiger partial charge in [-0.1, -0.05) is 73.7 Å². The van der Waals surface area contributed by atoms with Crippen LogP contribution in [0, 0.1) is 5.92 Å². The molecule has 3 aromatic rings. The minimum Gasteiger partial charge on any atom is -0.481 e. The summed E-state index contributed by atoms with van der Waals surface area (Å²) in [5.41, 5.74) is 4.19. The van der Waals surface area contributed by atoms with E-state index in [1.54, 1.807) is 0 Å². The molecule has 0 aromatic heterocycles. The Morgan fingerprint density at radius 1 is 1.00 bits per heavy atom. The van der Waals surface area contributed by atoms with Crippen molar-refractivity contribution in [3.8, 4) is 0 Å². The quantitative estimate of drug-likeness (QED) is 0.430. The molecule has 3 aromatic carbocycles. The zero-order valence-electron chi connectivity index (χ0n) is 17.9. The molecule has 2 nitrogen and oxygen atoms in total. The maximum absolute atomic E-state index is 10.7. The van der Waals surface area contributed by atoms with Gasteiger partial charge >= 0.3 is 5.97 Å². The summed E-state index contributed by atoms with van der Waals surface area (Å²) in [5.74, 6) is 1.33. The minimum absolute atomic E-state index is 0.251. The first kappa shape index (κ1) is 20.7. The second-order valence-electron chi connectivity index (χ2n) is 9.07. The third kappa shape index (κ3) is 4.92. The fourth-order valence-electron chi connectivity index (χ4n) is 5.30. The van der Waals surface area contributed by atoms with E-state index in [9.17, 15) is 4.79 Å². The van der Waals surface area contributed by atoms with Crippen molar-refractivity contribution in [2.24, 2.45) is 5.92 Å². The van der Waals surface area contributed by atoms with Gasteiger partial charge in [0.25, 0.3) is 0 Å². The summed E-state index contributed by atoms with van der Waals surface area (Å²) in [4.78, 5) is 10.7. The van der Waals surface area contributed by atoms with Crippen LogP contribution in [0.2, 0.25) is 0 Å². The summed E-state index contributed by atoms with van der Waals surface area (Å²) >= 11 is 0. The van der Waals surface area contributed by atoms with Crippen LogP contribution in [0.5, 0.6) is 0 Å². The summed E-state index contributed by atoms with van der Waals surface area (Å²) in [6.07, 6.45) is 6.96. The van der Waals surface area contributed by atoms with Gasteiger partial charge in [0, 0.05) is 6.42 Å². The highest BCUT2D eigenvalue weighted by Crippen LogP contribution is 2.43. The van der Waals surface area contributed by atoms with E-state index in [4.69, 9.17) is 5.11 Å². The van der Waals surface area contributed by atoms with Crippen LogP contribution in [0.1, 0.15) is 74.0 Å². The molecule has 0 saturated heterocycles. The Kier molecular flexibility index (Phi) is 6.52. The van der Waals surface area contributed by atoms with Gasteiger partial charge in [-0.05, 0) is 83.7 Å². The van der Waals surface area contributed by atoms with Crippen LogP contribution in [0.3, 0.4) is 0 Å². The molecule has 1 saturated carbocycles. The predicted octanol–water partition coefficient (Wildman–Crippen LogP) is 7.32. The van der Waals surface area contributed by atoms with Gasteiger partial charge in [0.2, 0.25) is 0 Å². The van der Waals surface area contributed by atoms with Gasteiger partial charge in [-0.2, -0.15) is 0 Å². The van der Waals surface area contributed by atoms with Crippen molar-refractivity contribution in [2.45, 2.75) is 63.7 Å². The topological polar surface area (TPSA) is 37.3 Å². The average molecular weight is 401 g/mol. The zero-order valence-corrected chi connectivity index (χ0v) is 17.9. The van der Waals surface area contributed by atoms with Crippen LogP contribution in [0.15, 0.2) is 66.7 Å². The maximum atomic E-state index is 10.7. The molecule has 3 atom stereocenters. The third-order valence-corrected chi connectivity index (χ3v) is 6.89. The van der Waals surface area contributed by atoms with E-state index < -0.39 is 5.97 Å². The van der Waals surface area contributed by atoms with E-state index in [0.29, 0.717) is 18.3 Å². The van der Waals surface area contributed by atoms with E-state index in [-0.39, 0.29) is 6.42 Å². The van der Waals surface area contributed by atoms with Crippen LogP contribution in [0.25, 0.3) is 10.8 Å². The molecule has 1 fully saturated rings. The van der Waals surface area contributed by atoms with Crippen molar-refractivity contribution >= 4 is 16.7 Å². The van der Waals surface area contributed by atoms with E-state index in [1.165, 1.54) is 53.1 Å². The number of carboxylic acid groups (broad SMARTS) is 1. The maximum Gasteiger partial charge on any atom is 0.303 e. The summed E-state index contributed by atoms with van der Waals surface area (Å²) in [7, 11) is 0. The Hall–Kier alpha value is -2.61. The van der Waals surface area contributed by atoms with Crippen LogP contribution < -0.4 is 0 Å². The van der Waals surface area contributed by atoms with Gasteiger partial charge in [0.1, 0.15) is 0 Å². The number of aliphatic carboxylic acids is 1. The molecule has 0 aliphatic heterocycles. The molecule has 0 unspecified atom stereocenters. The van der Waals surface area contributed by atoms with E-state index >= 15 is 0 Å². The van der Waals surface area contributed by atoms with Crippen LogP contribution in [-0.2, 0) is 11.2 Å². The number of rotatable bonds is 8. The molecular formula is C28H32O2.